The summed E-state index contributed by atoms with van der Waals surface area (Å²) < 4.78 is 0. The summed E-state index contributed by atoms with van der Waals surface area (Å²) in [4.78, 5) is 21.7. The zero-order valence-electron chi connectivity index (χ0n) is 10.3. The molecule has 0 rings (SSSR count). The van der Waals surface area contributed by atoms with Crippen molar-refractivity contribution in [2.75, 3.05) is 18.1 Å². The summed E-state index contributed by atoms with van der Waals surface area (Å²) in [7, 11) is 0. The molecule has 6 heteroatoms. The number of hydrogen-bond acceptors (Lipinski definition) is 4. The normalized spacial score (nSPS) is 12.1. The maximum atomic E-state index is 11.3. The third-order valence-electron chi connectivity index (χ3n) is 2.20. The van der Waals surface area contributed by atoms with E-state index in [1.165, 1.54) is 24.6 Å². The summed E-state index contributed by atoms with van der Waals surface area (Å²) in [6.07, 6.45) is 4.50. The van der Waals surface area contributed by atoms with E-state index in [4.69, 9.17) is 10.8 Å². The van der Waals surface area contributed by atoms with Crippen molar-refractivity contribution in [3.8, 4) is 0 Å². The minimum absolute atomic E-state index is 0.0518. The zero-order valence-corrected chi connectivity index (χ0v) is 11.1. The largest absolute Gasteiger partial charge is 0.480 e. The van der Waals surface area contributed by atoms with Crippen LogP contribution < -0.4 is 11.1 Å². The Labute approximate surface area is 107 Å². The highest BCUT2D eigenvalue weighted by Crippen LogP contribution is 2.02. The lowest BCUT2D eigenvalue weighted by Gasteiger charge is -2.07. The van der Waals surface area contributed by atoms with Crippen LogP contribution in [0.25, 0.3) is 0 Å². The van der Waals surface area contributed by atoms with Crippen LogP contribution in [0.5, 0.6) is 0 Å². The number of carbonyl (C=O) groups excluding carboxylic acids is 1. The molecule has 0 heterocycles. The van der Waals surface area contributed by atoms with Crippen molar-refractivity contribution in [2.45, 2.75) is 38.6 Å². The monoisotopic (exact) mass is 262 g/mol. The molecule has 0 saturated heterocycles. The number of hydrogen-bond donors (Lipinski definition) is 3. The van der Waals surface area contributed by atoms with Gasteiger partial charge in [-0.25, -0.2) is 0 Å². The number of unbranched alkanes of at least 4 members (excludes halogenated alkanes) is 3. The highest BCUT2D eigenvalue weighted by molar-refractivity contribution is 8.00. The number of nitrogens with two attached hydrogens (primary N) is 1. The van der Waals surface area contributed by atoms with Gasteiger partial charge in [-0.15, -0.1) is 11.8 Å². The number of nitrogens with one attached hydrogen (secondary N) is 1. The molecule has 0 spiro atoms. The van der Waals surface area contributed by atoms with Gasteiger partial charge in [0.05, 0.1) is 5.75 Å². The van der Waals surface area contributed by atoms with Crippen LogP contribution in [0.3, 0.4) is 0 Å². The number of carbonyl (C=O) groups is 2. The second-order valence-electron chi connectivity index (χ2n) is 3.87. The van der Waals surface area contributed by atoms with Crippen LogP contribution in [0, 0.1) is 0 Å². The summed E-state index contributed by atoms with van der Waals surface area (Å²) >= 11 is 1.25. The lowest BCUT2D eigenvalue weighted by atomic mass is 10.2. The van der Waals surface area contributed by atoms with Gasteiger partial charge in [0.25, 0.3) is 0 Å². The molecular weight excluding hydrogens is 240 g/mol. The first-order valence-corrected chi connectivity index (χ1v) is 7.06. The molecule has 4 N–H and O–H groups in total. The molecule has 1 amide bonds. The van der Waals surface area contributed by atoms with Crippen LogP contribution in [-0.4, -0.2) is 41.1 Å². The van der Waals surface area contributed by atoms with Crippen molar-refractivity contribution in [1.82, 2.24) is 5.32 Å². The molecule has 0 saturated carbocycles. The Hall–Kier alpha value is -0.750. The number of aliphatic carboxylic acids is 1. The number of thioether (sulfide) groups is 1. The van der Waals surface area contributed by atoms with Gasteiger partial charge >= 0.3 is 5.97 Å². The van der Waals surface area contributed by atoms with Crippen LogP contribution in [0.15, 0.2) is 0 Å². The van der Waals surface area contributed by atoms with E-state index in [1.807, 2.05) is 0 Å². The van der Waals surface area contributed by atoms with E-state index in [9.17, 15) is 9.59 Å². The smallest absolute Gasteiger partial charge is 0.321 e. The topological polar surface area (TPSA) is 92.4 Å². The molecular formula is C11H22N2O3S. The van der Waals surface area contributed by atoms with Gasteiger partial charge in [0.15, 0.2) is 0 Å². The van der Waals surface area contributed by atoms with E-state index in [2.05, 4.69) is 12.2 Å². The summed E-state index contributed by atoms with van der Waals surface area (Å²) in [6.45, 7) is 2.84. The van der Waals surface area contributed by atoms with Crippen molar-refractivity contribution >= 4 is 23.6 Å². The van der Waals surface area contributed by atoms with E-state index in [1.54, 1.807) is 0 Å². The van der Waals surface area contributed by atoms with Crippen molar-refractivity contribution in [1.29, 1.82) is 0 Å². The zero-order chi connectivity index (χ0) is 13.1. The minimum Gasteiger partial charge on any atom is -0.480 e. The number of rotatable bonds is 10. The van der Waals surface area contributed by atoms with Crippen molar-refractivity contribution < 1.29 is 14.7 Å². The van der Waals surface area contributed by atoms with E-state index in [-0.39, 0.29) is 17.4 Å². The van der Waals surface area contributed by atoms with Gasteiger partial charge in [-0.05, 0) is 6.42 Å². The Kier molecular flexibility index (Phi) is 9.95. The Bertz CT molecular complexity index is 237. The molecule has 1 atom stereocenters. The first kappa shape index (κ1) is 16.2. The van der Waals surface area contributed by atoms with Crippen molar-refractivity contribution in [2.24, 2.45) is 5.73 Å². The Morgan fingerprint density at radius 3 is 2.65 bits per heavy atom. The van der Waals surface area contributed by atoms with Gasteiger partial charge < -0.3 is 16.2 Å². The summed E-state index contributed by atoms with van der Waals surface area (Å²) in [6, 6.07) is -0.891. The minimum atomic E-state index is -1.03. The third kappa shape index (κ3) is 10.1. The molecule has 0 aliphatic heterocycles. The molecule has 0 bridgehead atoms. The molecule has 0 aromatic rings. The Balaban J connectivity index is 3.38. The number of carboxylic acid groups (broad SMARTS) is 1. The first-order valence-electron chi connectivity index (χ1n) is 5.90. The summed E-state index contributed by atoms with van der Waals surface area (Å²) in [5, 5.41) is 11.3. The van der Waals surface area contributed by atoms with Crippen molar-refractivity contribution in [3.63, 3.8) is 0 Å². The van der Waals surface area contributed by atoms with Gasteiger partial charge in [-0.2, -0.15) is 0 Å². The number of carboxylic acids is 1. The molecule has 0 unspecified atom stereocenters. The van der Waals surface area contributed by atoms with Crippen LogP contribution in [0.2, 0.25) is 0 Å². The molecule has 0 aromatic heterocycles. The molecule has 0 aliphatic rings. The second kappa shape index (κ2) is 10.4. The quantitative estimate of drug-likeness (QED) is 0.507. The lowest BCUT2D eigenvalue weighted by Crippen LogP contribution is -2.33. The van der Waals surface area contributed by atoms with Gasteiger partial charge in [-0.3, -0.25) is 9.59 Å². The molecule has 5 nitrogen and oxygen atoms in total. The highest BCUT2D eigenvalue weighted by Gasteiger charge is 2.11. The van der Waals surface area contributed by atoms with E-state index in [0.29, 0.717) is 6.54 Å². The fourth-order valence-corrected chi connectivity index (χ4v) is 1.98. The van der Waals surface area contributed by atoms with Crippen molar-refractivity contribution in [3.05, 3.63) is 0 Å². The summed E-state index contributed by atoms with van der Waals surface area (Å²) in [5.74, 6) is -0.547. The van der Waals surface area contributed by atoms with Crippen LogP contribution in [0.4, 0.5) is 0 Å². The maximum absolute atomic E-state index is 11.3. The first-order chi connectivity index (χ1) is 8.07. The molecule has 0 fully saturated rings. The van der Waals surface area contributed by atoms with Crippen LogP contribution in [0.1, 0.15) is 32.6 Å². The Morgan fingerprint density at radius 1 is 1.35 bits per heavy atom. The van der Waals surface area contributed by atoms with E-state index in [0.717, 1.165) is 12.8 Å². The lowest BCUT2D eigenvalue weighted by molar-refractivity contribution is -0.138. The maximum Gasteiger partial charge on any atom is 0.321 e. The summed E-state index contributed by atoms with van der Waals surface area (Å²) in [5.41, 5.74) is 5.31. The van der Waals surface area contributed by atoms with Gasteiger partial charge in [0.2, 0.25) is 5.91 Å². The molecule has 17 heavy (non-hydrogen) atoms. The average Bonchev–Trinajstić information content (AvgIpc) is 2.28. The predicted octanol–water partition coefficient (Wildman–Crippen LogP) is 0.828. The number of amides is 1. The predicted molar refractivity (Wildman–Crippen MR) is 70.1 cm³/mol. The molecule has 0 aromatic carbocycles. The SMILES string of the molecule is CCCCCCNC(=O)CSC[C@H](N)C(=O)O. The standard InChI is InChI=1S/C11H22N2O3S/c1-2-3-4-5-6-13-10(14)8-17-7-9(12)11(15)16/h9H,2-8,12H2,1H3,(H,13,14)(H,15,16)/t9-/m0/s1. The molecule has 0 radical (unpaired) electrons. The third-order valence-corrected chi connectivity index (χ3v) is 3.26. The van der Waals surface area contributed by atoms with Gasteiger partial charge in [0, 0.05) is 12.3 Å². The van der Waals surface area contributed by atoms with Gasteiger partial charge in [0.1, 0.15) is 6.04 Å². The van der Waals surface area contributed by atoms with Crippen LogP contribution in [-0.2, 0) is 9.59 Å². The molecule has 0 aliphatic carbocycles. The van der Waals surface area contributed by atoms with Gasteiger partial charge in [-0.1, -0.05) is 26.2 Å². The Morgan fingerprint density at radius 2 is 2.06 bits per heavy atom. The van der Waals surface area contributed by atoms with Crippen LogP contribution >= 0.6 is 11.8 Å². The van der Waals surface area contributed by atoms with E-state index < -0.39 is 12.0 Å². The highest BCUT2D eigenvalue weighted by atomic mass is 32.2. The van der Waals surface area contributed by atoms with E-state index >= 15 is 0 Å². The second-order valence-corrected chi connectivity index (χ2v) is 4.90. The fourth-order valence-electron chi connectivity index (χ4n) is 1.18. The molecule has 100 valence electrons. The average molecular weight is 262 g/mol. The fraction of sp³-hybridized carbons (Fsp3) is 0.818.